The van der Waals surface area contributed by atoms with Gasteiger partial charge in [0.1, 0.15) is 17.4 Å². The van der Waals surface area contributed by atoms with Gasteiger partial charge < -0.3 is 4.74 Å². The maximum absolute atomic E-state index is 14.1. The van der Waals surface area contributed by atoms with E-state index in [0.717, 1.165) is 0 Å². The number of benzene rings is 2. The molecule has 112 valence electrons. The van der Waals surface area contributed by atoms with Gasteiger partial charge in [-0.3, -0.25) is 0 Å². The second-order valence-electron chi connectivity index (χ2n) is 5.19. The van der Waals surface area contributed by atoms with E-state index in [1.54, 1.807) is 31.2 Å². The van der Waals surface area contributed by atoms with E-state index in [1.807, 2.05) is 13.8 Å². The summed E-state index contributed by atoms with van der Waals surface area (Å²) < 4.78 is 33.5. The molecule has 0 heterocycles. The highest BCUT2D eigenvalue weighted by Crippen LogP contribution is 2.34. The predicted octanol–water partition coefficient (Wildman–Crippen LogP) is 5.39. The van der Waals surface area contributed by atoms with Crippen LogP contribution in [0.25, 0.3) is 0 Å². The summed E-state index contributed by atoms with van der Waals surface area (Å²) in [5.74, 6) is -0.541. The molecule has 0 N–H and O–H groups in total. The summed E-state index contributed by atoms with van der Waals surface area (Å²) in [6.07, 6.45) is 0.0642. The Hall–Kier alpha value is -1.61. The summed E-state index contributed by atoms with van der Waals surface area (Å²) >= 11 is 6.25. The lowest BCUT2D eigenvalue weighted by Crippen LogP contribution is -2.06. The molecule has 1 nitrogen and oxygen atoms in total. The maximum atomic E-state index is 14.1. The first-order chi connectivity index (χ1) is 9.90. The Balaban J connectivity index is 2.32. The van der Waals surface area contributed by atoms with Gasteiger partial charge in [0, 0.05) is 5.56 Å². The van der Waals surface area contributed by atoms with E-state index in [9.17, 15) is 8.78 Å². The van der Waals surface area contributed by atoms with Crippen molar-refractivity contribution in [2.75, 3.05) is 0 Å². The number of ether oxygens (including phenoxy) is 1. The van der Waals surface area contributed by atoms with E-state index in [-0.39, 0.29) is 11.7 Å². The Kier molecular flexibility index (Phi) is 4.84. The van der Waals surface area contributed by atoms with E-state index in [2.05, 4.69) is 0 Å². The Morgan fingerprint density at radius 1 is 1.00 bits per heavy atom. The zero-order valence-electron chi connectivity index (χ0n) is 12.2. The molecule has 0 aliphatic rings. The first kappa shape index (κ1) is 15.8. The van der Waals surface area contributed by atoms with E-state index < -0.39 is 17.0 Å². The van der Waals surface area contributed by atoms with Crippen LogP contribution >= 0.6 is 11.6 Å². The maximum Gasteiger partial charge on any atom is 0.134 e. The van der Waals surface area contributed by atoms with E-state index in [0.29, 0.717) is 16.9 Å². The van der Waals surface area contributed by atoms with Crippen LogP contribution in [-0.2, 0) is 0 Å². The fraction of sp³-hybridized carbons (Fsp3) is 0.294. The second kappa shape index (κ2) is 6.44. The highest BCUT2D eigenvalue weighted by atomic mass is 35.5. The lowest BCUT2D eigenvalue weighted by molar-refractivity contribution is 0.242. The summed E-state index contributed by atoms with van der Waals surface area (Å²) in [6.45, 7) is 5.44. The quantitative estimate of drug-likeness (QED) is 0.688. The van der Waals surface area contributed by atoms with Gasteiger partial charge in [-0.25, -0.2) is 8.78 Å². The van der Waals surface area contributed by atoms with Gasteiger partial charge in [0.05, 0.1) is 11.5 Å². The molecule has 0 aliphatic heterocycles. The summed E-state index contributed by atoms with van der Waals surface area (Å²) in [6, 6.07) is 9.57. The van der Waals surface area contributed by atoms with Gasteiger partial charge in [0.15, 0.2) is 0 Å². The van der Waals surface area contributed by atoms with Crippen LogP contribution in [0.3, 0.4) is 0 Å². The Morgan fingerprint density at radius 2 is 1.62 bits per heavy atom. The zero-order valence-corrected chi connectivity index (χ0v) is 12.9. The van der Waals surface area contributed by atoms with Crippen LogP contribution in [0.15, 0.2) is 36.4 Å². The molecule has 0 aliphatic carbocycles. The summed E-state index contributed by atoms with van der Waals surface area (Å²) in [5.41, 5.74) is 0.877. The van der Waals surface area contributed by atoms with Crippen LogP contribution in [-0.4, -0.2) is 6.10 Å². The zero-order chi connectivity index (χ0) is 15.6. The Bertz CT molecular complexity index is 623. The van der Waals surface area contributed by atoms with Gasteiger partial charge in [0.25, 0.3) is 0 Å². The van der Waals surface area contributed by atoms with Crippen molar-refractivity contribution in [1.82, 2.24) is 0 Å². The molecule has 0 bridgehead atoms. The topological polar surface area (TPSA) is 9.23 Å². The van der Waals surface area contributed by atoms with Crippen molar-refractivity contribution in [2.45, 2.75) is 32.3 Å². The molecule has 0 fully saturated rings. The average Bonchev–Trinajstić information content (AvgIpc) is 2.43. The highest BCUT2D eigenvalue weighted by Gasteiger charge is 2.21. The average molecular weight is 311 g/mol. The molecule has 0 saturated carbocycles. The molecular formula is C17H17ClF2O. The molecule has 0 saturated heterocycles. The van der Waals surface area contributed by atoms with Gasteiger partial charge in [0.2, 0.25) is 0 Å². The Morgan fingerprint density at radius 3 is 2.19 bits per heavy atom. The molecule has 2 aromatic carbocycles. The van der Waals surface area contributed by atoms with Crippen LogP contribution < -0.4 is 4.74 Å². The number of rotatable bonds is 4. The molecule has 1 unspecified atom stereocenters. The van der Waals surface area contributed by atoms with Crippen molar-refractivity contribution in [1.29, 1.82) is 0 Å². The number of hydrogen-bond acceptors (Lipinski definition) is 1. The SMILES string of the molecule is Cc1ccc(F)c(C(Cl)c2ccc(OC(C)C)cc2)c1F. The third kappa shape index (κ3) is 3.53. The summed E-state index contributed by atoms with van der Waals surface area (Å²) in [5, 5.41) is -0.877. The van der Waals surface area contributed by atoms with Gasteiger partial charge in [-0.05, 0) is 50.1 Å². The molecule has 2 rings (SSSR count). The summed E-state index contributed by atoms with van der Waals surface area (Å²) in [4.78, 5) is 0. The number of aryl methyl sites for hydroxylation is 1. The van der Waals surface area contributed by atoms with Crippen molar-refractivity contribution < 1.29 is 13.5 Å². The van der Waals surface area contributed by atoms with Gasteiger partial charge >= 0.3 is 0 Å². The van der Waals surface area contributed by atoms with Gasteiger partial charge in [-0.2, -0.15) is 0 Å². The molecule has 2 aromatic rings. The van der Waals surface area contributed by atoms with Crippen molar-refractivity contribution in [3.63, 3.8) is 0 Å². The standard InChI is InChI=1S/C17H17ClF2O/c1-10(2)21-13-7-5-12(6-8-13)16(18)15-14(19)9-4-11(3)17(15)20/h4-10,16H,1-3H3. The number of halogens is 3. The van der Waals surface area contributed by atoms with Crippen molar-refractivity contribution in [2.24, 2.45) is 0 Å². The Labute approximate surface area is 128 Å². The van der Waals surface area contributed by atoms with Crippen LogP contribution in [0.1, 0.15) is 35.9 Å². The third-order valence-corrected chi connectivity index (χ3v) is 3.59. The van der Waals surface area contributed by atoms with Crippen molar-refractivity contribution in [3.05, 3.63) is 64.7 Å². The first-order valence-corrected chi connectivity index (χ1v) is 7.19. The van der Waals surface area contributed by atoms with E-state index >= 15 is 0 Å². The fourth-order valence-electron chi connectivity index (χ4n) is 2.06. The molecule has 21 heavy (non-hydrogen) atoms. The summed E-state index contributed by atoms with van der Waals surface area (Å²) in [7, 11) is 0. The van der Waals surface area contributed by atoms with Gasteiger partial charge in [-0.15, -0.1) is 11.6 Å². The lowest BCUT2D eigenvalue weighted by atomic mass is 10.0. The second-order valence-corrected chi connectivity index (χ2v) is 5.63. The molecule has 0 amide bonds. The molecule has 0 aromatic heterocycles. The van der Waals surface area contributed by atoms with E-state index in [1.165, 1.54) is 12.1 Å². The highest BCUT2D eigenvalue weighted by molar-refractivity contribution is 6.22. The molecule has 0 spiro atoms. The normalized spacial score (nSPS) is 12.5. The lowest BCUT2D eigenvalue weighted by Gasteiger charge is -2.15. The molecule has 0 radical (unpaired) electrons. The van der Waals surface area contributed by atoms with Crippen LogP contribution in [0.4, 0.5) is 8.78 Å². The smallest absolute Gasteiger partial charge is 0.134 e. The minimum Gasteiger partial charge on any atom is -0.491 e. The van der Waals surface area contributed by atoms with Crippen molar-refractivity contribution in [3.8, 4) is 5.75 Å². The van der Waals surface area contributed by atoms with E-state index in [4.69, 9.17) is 16.3 Å². The third-order valence-electron chi connectivity index (χ3n) is 3.12. The van der Waals surface area contributed by atoms with Crippen LogP contribution in [0, 0.1) is 18.6 Å². The largest absolute Gasteiger partial charge is 0.491 e. The number of alkyl halides is 1. The van der Waals surface area contributed by atoms with Crippen LogP contribution in [0.5, 0.6) is 5.75 Å². The minimum atomic E-state index is -0.877. The fourth-order valence-corrected chi connectivity index (χ4v) is 2.41. The number of hydrogen-bond donors (Lipinski definition) is 0. The molecular weight excluding hydrogens is 294 g/mol. The molecule has 1 atom stereocenters. The van der Waals surface area contributed by atoms with Crippen LogP contribution in [0.2, 0.25) is 0 Å². The van der Waals surface area contributed by atoms with Crippen molar-refractivity contribution >= 4 is 11.6 Å². The first-order valence-electron chi connectivity index (χ1n) is 6.75. The predicted molar refractivity (Wildman–Crippen MR) is 81.0 cm³/mol. The monoisotopic (exact) mass is 310 g/mol. The van der Waals surface area contributed by atoms with Gasteiger partial charge in [-0.1, -0.05) is 18.2 Å². The molecule has 4 heteroatoms. The minimum absolute atomic E-state index is 0.0642.